The highest BCUT2D eigenvalue weighted by atomic mass is 16.5. The summed E-state index contributed by atoms with van der Waals surface area (Å²) in [5.74, 6) is 1.14. The number of amides is 1. The number of nitrogens with zero attached hydrogens (tertiary/aromatic N) is 2. The van der Waals surface area contributed by atoms with Crippen LogP contribution in [0, 0.1) is 0 Å². The molecule has 1 fully saturated rings. The molecule has 0 saturated carbocycles. The number of imidazole rings is 1. The zero-order valence-corrected chi connectivity index (χ0v) is 11.9. The van der Waals surface area contributed by atoms with E-state index in [2.05, 4.69) is 26.4 Å². The van der Waals surface area contributed by atoms with Crippen molar-refractivity contribution in [1.29, 1.82) is 0 Å². The number of aryl methyl sites for hydroxylation is 2. The third-order valence-electron chi connectivity index (χ3n) is 4.00. The molecule has 0 bridgehead atoms. The van der Waals surface area contributed by atoms with Gasteiger partial charge in [0.15, 0.2) is 0 Å². The lowest BCUT2D eigenvalue weighted by Gasteiger charge is -2.29. The molecule has 1 aromatic heterocycles. The highest BCUT2D eigenvalue weighted by Gasteiger charge is 2.28. The van der Waals surface area contributed by atoms with E-state index in [1.807, 2.05) is 6.92 Å². The number of hydrogen-bond acceptors (Lipinski definition) is 4. The van der Waals surface area contributed by atoms with Crippen LogP contribution in [0.4, 0.5) is 0 Å². The zero-order valence-electron chi connectivity index (χ0n) is 11.9. The van der Waals surface area contributed by atoms with Crippen molar-refractivity contribution < 1.29 is 9.53 Å². The van der Waals surface area contributed by atoms with E-state index in [1.165, 1.54) is 12.8 Å². The van der Waals surface area contributed by atoms with Crippen LogP contribution in [0.1, 0.15) is 31.3 Å². The SMILES string of the molecule is C[C@H]1OCCN[C@@H]1C(=O)NCc1cn2c(n1)CCCC2. The molecule has 2 aliphatic heterocycles. The number of nitrogens with one attached hydrogen (secondary N) is 2. The summed E-state index contributed by atoms with van der Waals surface area (Å²) in [6.45, 7) is 4.85. The molecule has 0 aromatic carbocycles. The summed E-state index contributed by atoms with van der Waals surface area (Å²) < 4.78 is 7.69. The average Bonchev–Trinajstić information content (AvgIpc) is 2.88. The topological polar surface area (TPSA) is 68.2 Å². The summed E-state index contributed by atoms with van der Waals surface area (Å²) >= 11 is 0. The van der Waals surface area contributed by atoms with Gasteiger partial charge in [-0.3, -0.25) is 4.79 Å². The van der Waals surface area contributed by atoms with Crippen molar-refractivity contribution in [3.63, 3.8) is 0 Å². The number of ether oxygens (including phenoxy) is 1. The third-order valence-corrected chi connectivity index (χ3v) is 4.00. The molecule has 0 spiro atoms. The molecule has 3 heterocycles. The highest BCUT2D eigenvalue weighted by Crippen LogP contribution is 2.14. The van der Waals surface area contributed by atoms with Gasteiger partial charge in [0.1, 0.15) is 11.9 Å². The summed E-state index contributed by atoms with van der Waals surface area (Å²) in [5.41, 5.74) is 0.944. The number of carbonyl (C=O) groups is 1. The molecular formula is C14H22N4O2. The number of carbonyl (C=O) groups excluding carboxylic acids is 1. The van der Waals surface area contributed by atoms with E-state index in [0.717, 1.165) is 31.0 Å². The summed E-state index contributed by atoms with van der Waals surface area (Å²) in [7, 11) is 0. The molecule has 1 amide bonds. The van der Waals surface area contributed by atoms with E-state index in [0.29, 0.717) is 13.2 Å². The third kappa shape index (κ3) is 2.86. The van der Waals surface area contributed by atoms with Gasteiger partial charge in [0.25, 0.3) is 0 Å². The van der Waals surface area contributed by atoms with Gasteiger partial charge in [-0.15, -0.1) is 0 Å². The van der Waals surface area contributed by atoms with E-state index in [1.54, 1.807) is 0 Å². The quantitative estimate of drug-likeness (QED) is 0.829. The Morgan fingerprint density at radius 2 is 2.50 bits per heavy atom. The Labute approximate surface area is 118 Å². The lowest BCUT2D eigenvalue weighted by atomic mass is 10.1. The monoisotopic (exact) mass is 278 g/mol. The van der Waals surface area contributed by atoms with Crippen molar-refractivity contribution in [3.05, 3.63) is 17.7 Å². The van der Waals surface area contributed by atoms with Crippen molar-refractivity contribution >= 4 is 5.91 Å². The standard InChI is InChI=1S/C14H22N4O2/c1-10-13(15-5-7-20-10)14(19)16-8-11-9-18-6-3-2-4-12(18)17-11/h9-10,13,15H,2-8H2,1H3,(H,16,19)/t10-,13+/m1/s1. The summed E-state index contributed by atoms with van der Waals surface area (Å²) in [6, 6.07) is -0.263. The van der Waals surface area contributed by atoms with Gasteiger partial charge < -0.3 is 19.9 Å². The molecule has 2 aliphatic rings. The Balaban J connectivity index is 1.56. The van der Waals surface area contributed by atoms with Crippen molar-refractivity contribution in [2.45, 2.75) is 51.4 Å². The smallest absolute Gasteiger partial charge is 0.240 e. The van der Waals surface area contributed by atoms with Gasteiger partial charge in [-0.25, -0.2) is 4.98 Å². The lowest BCUT2D eigenvalue weighted by Crippen LogP contribution is -2.55. The van der Waals surface area contributed by atoms with Gasteiger partial charge in [-0.05, 0) is 19.8 Å². The first-order valence-electron chi connectivity index (χ1n) is 7.41. The second-order valence-corrected chi connectivity index (χ2v) is 5.52. The Bertz CT molecular complexity index is 462. The minimum Gasteiger partial charge on any atom is -0.375 e. The molecule has 1 saturated heterocycles. The zero-order chi connectivity index (χ0) is 13.9. The van der Waals surface area contributed by atoms with Gasteiger partial charge in [0.2, 0.25) is 5.91 Å². The fraction of sp³-hybridized carbons (Fsp3) is 0.714. The van der Waals surface area contributed by atoms with E-state index in [-0.39, 0.29) is 18.1 Å². The molecule has 3 rings (SSSR count). The van der Waals surface area contributed by atoms with Crippen molar-refractivity contribution in [1.82, 2.24) is 20.2 Å². The minimum atomic E-state index is -0.263. The molecule has 6 heteroatoms. The molecule has 0 unspecified atom stereocenters. The molecule has 20 heavy (non-hydrogen) atoms. The first-order valence-corrected chi connectivity index (χ1v) is 7.41. The van der Waals surface area contributed by atoms with Crippen LogP contribution in [0.2, 0.25) is 0 Å². The van der Waals surface area contributed by atoms with Crippen LogP contribution < -0.4 is 10.6 Å². The second-order valence-electron chi connectivity index (χ2n) is 5.52. The number of fused-ring (bicyclic) bond motifs is 1. The molecule has 110 valence electrons. The Morgan fingerprint density at radius 1 is 1.60 bits per heavy atom. The van der Waals surface area contributed by atoms with Crippen LogP contribution in [0.5, 0.6) is 0 Å². The fourth-order valence-electron chi connectivity index (χ4n) is 2.87. The molecular weight excluding hydrogens is 256 g/mol. The fourth-order valence-corrected chi connectivity index (χ4v) is 2.87. The normalized spacial score (nSPS) is 26.1. The van der Waals surface area contributed by atoms with Gasteiger partial charge in [0.05, 0.1) is 24.9 Å². The largest absolute Gasteiger partial charge is 0.375 e. The van der Waals surface area contributed by atoms with Gasteiger partial charge in [0, 0.05) is 25.7 Å². The molecule has 2 atom stereocenters. The summed E-state index contributed by atoms with van der Waals surface area (Å²) in [6.07, 6.45) is 5.45. The number of hydrogen-bond donors (Lipinski definition) is 2. The van der Waals surface area contributed by atoms with Crippen LogP contribution >= 0.6 is 0 Å². The summed E-state index contributed by atoms with van der Waals surface area (Å²) in [5, 5.41) is 6.14. The van der Waals surface area contributed by atoms with Crippen LogP contribution in [0.25, 0.3) is 0 Å². The minimum absolute atomic E-state index is 0.0110. The number of morpholine rings is 1. The molecule has 1 aromatic rings. The van der Waals surface area contributed by atoms with Crippen LogP contribution in [0.15, 0.2) is 6.20 Å². The van der Waals surface area contributed by atoms with Gasteiger partial charge in [-0.1, -0.05) is 0 Å². The van der Waals surface area contributed by atoms with Crippen molar-refractivity contribution in [3.8, 4) is 0 Å². The first kappa shape index (κ1) is 13.6. The maximum absolute atomic E-state index is 12.1. The number of aromatic nitrogens is 2. The van der Waals surface area contributed by atoms with Crippen LogP contribution in [-0.4, -0.2) is 40.8 Å². The average molecular weight is 278 g/mol. The Kier molecular flexibility index (Phi) is 4.03. The lowest BCUT2D eigenvalue weighted by molar-refractivity contribution is -0.129. The van der Waals surface area contributed by atoms with Crippen molar-refractivity contribution in [2.75, 3.05) is 13.2 Å². The van der Waals surface area contributed by atoms with Crippen LogP contribution in [0.3, 0.4) is 0 Å². The Hall–Kier alpha value is -1.40. The second kappa shape index (κ2) is 5.93. The van der Waals surface area contributed by atoms with E-state index >= 15 is 0 Å². The first-order chi connectivity index (χ1) is 9.74. The van der Waals surface area contributed by atoms with Crippen molar-refractivity contribution in [2.24, 2.45) is 0 Å². The maximum Gasteiger partial charge on any atom is 0.240 e. The van der Waals surface area contributed by atoms with Gasteiger partial charge in [-0.2, -0.15) is 0 Å². The maximum atomic E-state index is 12.1. The number of rotatable bonds is 3. The highest BCUT2D eigenvalue weighted by molar-refractivity contribution is 5.82. The predicted octanol–water partition coefficient (Wildman–Crippen LogP) is 0.213. The molecule has 0 radical (unpaired) electrons. The predicted molar refractivity (Wildman–Crippen MR) is 74.2 cm³/mol. The Morgan fingerprint density at radius 3 is 3.30 bits per heavy atom. The molecule has 6 nitrogen and oxygen atoms in total. The summed E-state index contributed by atoms with van der Waals surface area (Å²) in [4.78, 5) is 16.7. The van der Waals surface area contributed by atoms with E-state index in [4.69, 9.17) is 4.74 Å². The van der Waals surface area contributed by atoms with E-state index in [9.17, 15) is 4.79 Å². The molecule has 2 N–H and O–H groups in total. The molecule has 0 aliphatic carbocycles. The van der Waals surface area contributed by atoms with Crippen LogP contribution in [-0.2, 0) is 29.0 Å². The van der Waals surface area contributed by atoms with Gasteiger partial charge >= 0.3 is 0 Å². The van der Waals surface area contributed by atoms with E-state index < -0.39 is 0 Å².